The summed E-state index contributed by atoms with van der Waals surface area (Å²) in [6.07, 6.45) is 0. The van der Waals surface area contributed by atoms with Crippen molar-refractivity contribution in [2.75, 3.05) is 20.2 Å². The van der Waals surface area contributed by atoms with Crippen molar-refractivity contribution in [2.45, 2.75) is 19.4 Å². The first-order chi connectivity index (χ1) is 6.93. The van der Waals surface area contributed by atoms with E-state index >= 15 is 0 Å². The largest absolute Gasteiger partial charge is 0.377 e. The lowest BCUT2D eigenvalue weighted by molar-refractivity contribution is -0.139. The van der Waals surface area contributed by atoms with Crippen molar-refractivity contribution in [1.29, 1.82) is 5.26 Å². The average molecular weight is 213 g/mol. The lowest BCUT2D eigenvalue weighted by Crippen LogP contribution is -2.46. The second-order valence-corrected chi connectivity index (χ2v) is 3.49. The Morgan fingerprint density at radius 1 is 1.33 bits per heavy atom. The van der Waals surface area contributed by atoms with E-state index in [1.54, 1.807) is 19.9 Å². The highest BCUT2D eigenvalue weighted by Crippen LogP contribution is 2.04. The van der Waals surface area contributed by atoms with Gasteiger partial charge in [-0.15, -0.1) is 0 Å². The quantitative estimate of drug-likeness (QED) is 0.471. The number of ether oxygens (including phenoxy) is 1. The van der Waals surface area contributed by atoms with Crippen LogP contribution in [-0.4, -0.2) is 37.6 Å². The number of carbonyl (C=O) groups is 2. The van der Waals surface area contributed by atoms with Gasteiger partial charge in [0.15, 0.2) is 0 Å². The highest BCUT2D eigenvalue weighted by atomic mass is 16.5. The predicted molar refractivity (Wildman–Crippen MR) is 52.7 cm³/mol. The van der Waals surface area contributed by atoms with E-state index in [0.29, 0.717) is 0 Å². The first-order valence-corrected chi connectivity index (χ1v) is 4.41. The summed E-state index contributed by atoms with van der Waals surface area (Å²) in [5.74, 6) is -1.58. The van der Waals surface area contributed by atoms with E-state index in [2.05, 4.69) is 10.6 Å². The van der Waals surface area contributed by atoms with Gasteiger partial charge in [-0.2, -0.15) is 5.26 Å². The fraction of sp³-hybridized carbons (Fsp3) is 0.667. The van der Waals surface area contributed by atoms with E-state index < -0.39 is 17.4 Å². The molecule has 0 fully saturated rings. The standard InChI is InChI=1S/C9H15N3O3/c1-9(2,15-3)6-12-8(14)7(13)11-5-4-10/h5-6H2,1-3H3,(H,11,13)(H,12,14). The van der Waals surface area contributed by atoms with Crippen LogP contribution in [0.1, 0.15) is 13.8 Å². The maximum Gasteiger partial charge on any atom is 0.310 e. The van der Waals surface area contributed by atoms with Gasteiger partial charge in [-0.05, 0) is 13.8 Å². The maximum atomic E-state index is 11.1. The Bertz CT molecular complexity index is 281. The van der Waals surface area contributed by atoms with E-state index in [4.69, 9.17) is 10.00 Å². The molecule has 0 saturated heterocycles. The number of nitrogens with zero attached hydrogens (tertiary/aromatic N) is 1. The number of methoxy groups -OCH3 is 1. The Morgan fingerprint density at radius 3 is 2.33 bits per heavy atom. The van der Waals surface area contributed by atoms with Crippen molar-refractivity contribution in [2.24, 2.45) is 0 Å². The number of rotatable bonds is 4. The van der Waals surface area contributed by atoms with Crippen LogP contribution in [0.3, 0.4) is 0 Å². The minimum Gasteiger partial charge on any atom is -0.377 e. The third-order valence-corrected chi connectivity index (χ3v) is 1.76. The van der Waals surface area contributed by atoms with Crippen molar-refractivity contribution < 1.29 is 14.3 Å². The summed E-state index contributed by atoms with van der Waals surface area (Å²) < 4.78 is 5.05. The van der Waals surface area contributed by atoms with E-state index in [1.165, 1.54) is 7.11 Å². The van der Waals surface area contributed by atoms with E-state index in [0.717, 1.165) is 0 Å². The van der Waals surface area contributed by atoms with Crippen molar-refractivity contribution in [3.8, 4) is 6.07 Å². The molecule has 0 aromatic carbocycles. The van der Waals surface area contributed by atoms with Gasteiger partial charge in [-0.1, -0.05) is 0 Å². The SMILES string of the molecule is COC(C)(C)CNC(=O)C(=O)NCC#N. The summed E-state index contributed by atoms with van der Waals surface area (Å²) in [7, 11) is 1.52. The van der Waals surface area contributed by atoms with Crippen LogP contribution >= 0.6 is 0 Å². The second kappa shape index (κ2) is 5.98. The molecule has 0 heterocycles. The fourth-order valence-electron chi connectivity index (χ4n) is 0.646. The van der Waals surface area contributed by atoms with Crippen LogP contribution in [0.5, 0.6) is 0 Å². The van der Waals surface area contributed by atoms with Gasteiger partial charge in [-0.3, -0.25) is 9.59 Å². The van der Waals surface area contributed by atoms with Crippen LogP contribution in [-0.2, 0) is 14.3 Å². The van der Waals surface area contributed by atoms with Crippen LogP contribution in [0.15, 0.2) is 0 Å². The summed E-state index contributed by atoms with van der Waals surface area (Å²) in [5, 5.41) is 12.7. The molecule has 6 nitrogen and oxygen atoms in total. The van der Waals surface area contributed by atoms with Gasteiger partial charge in [-0.25, -0.2) is 0 Å². The molecule has 0 aliphatic rings. The van der Waals surface area contributed by atoms with Crippen LogP contribution < -0.4 is 10.6 Å². The maximum absolute atomic E-state index is 11.1. The Kier molecular flexibility index (Phi) is 5.34. The van der Waals surface area contributed by atoms with Crippen LogP contribution in [0.25, 0.3) is 0 Å². The normalized spacial score (nSPS) is 10.3. The zero-order valence-electron chi connectivity index (χ0n) is 9.09. The molecule has 84 valence electrons. The fourth-order valence-corrected chi connectivity index (χ4v) is 0.646. The minimum absolute atomic E-state index is 0.181. The Hall–Kier alpha value is -1.61. The summed E-state index contributed by atoms with van der Waals surface area (Å²) in [6.45, 7) is 3.60. The molecule has 15 heavy (non-hydrogen) atoms. The summed E-state index contributed by atoms with van der Waals surface area (Å²) in [5.41, 5.74) is -0.523. The monoisotopic (exact) mass is 213 g/mol. The average Bonchev–Trinajstić information content (AvgIpc) is 2.22. The molecule has 0 aromatic rings. The van der Waals surface area contributed by atoms with Crippen LogP contribution in [0, 0.1) is 11.3 Å². The molecule has 0 aliphatic carbocycles. The van der Waals surface area contributed by atoms with Crippen molar-refractivity contribution >= 4 is 11.8 Å². The molecule has 0 unspecified atom stereocenters. The van der Waals surface area contributed by atoms with Gasteiger partial charge in [0.1, 0.15) is 6.54 Å². The van der Waals surface area contributed by atoms with Gasteiger partial charge in [0.2, 0.25) is 0 Å². The van der Waals surface area contributed by atoms with E-state index in [1.807, 2.05) is 0 Å². The number of nitrogens with one attached hydrogen (secondary N) is 2. The molecular formula is C9H15N3O3. The number of hydrogen-bond donors (Lipinski definition) is 2. The van der Waals surface area contributed by atoms with Gasteiger partial charge in [0.25, 0.3) is 0 Å². The Labute approximate surface area is 88.6 Å². The Morgan fingerprint density at radius 2 is 1.87 bits per heavy atom. The number of hydrogen-bond acceptors (Lipinski definition) is 4. The number of nitriles is 1. The van der Waals surface area contributed by atoms with Crippen molar-refractivity contribution in [3.05, 3.63) is 0 Å². The summed E-state index contributed by atoms with van der Waals surface area (Å²) in [4.78, 5) is 22.1. The zero-order valence-corrected chi connectivity index (χ0v) is 9.09. The summed E-state index contributed by atoms with van der Waals surface area (Å²) in [6, 6.07) is 1.70. The molecule has 0 spiro atoms. The molecule has 2 N–H and O–H groups in total. The third-order valence-electron chi connectivity index (χ3n) is 1.76. The van der Waals surface area contributed by atoms with Gasteiger partial charge in [0, 0.05) is 13.7 Å². The number of amides is 2. The highest BCUT2D eigenvalue weighted by Gasteiger charge is 2.20. The molecule has 2 amide bonds. The number of carbonyl (C=O) groups excluding carboxylic acids is 2. The second-order valence-electron chi connectivity index (χ2n) is 3.49. The molecule has 0 radical (unpaired) electrons. The van der Waals surface area contributed by atoms with Crippen molar-refractivity contribution in [1.82, 2.24) is 10.6 Å². The molecule has 0 atom stereocenters. The molecule has 0 aliphatic heterocycles. The first-order valence-electron chi connectivity index (χ1n) is 4.41. The molecule has 0 saturated carbocycles. The third kappa shape index (κ3) is 5.65. The Balaban J connectivity index is 3.95. The van der Waals surface area contributed by atoms with Gasteiger partial charge < -0.3 is 15.4 Å². The van der Waals surface area contributed by atoms with E-state index in [-0.39, 0.29) is 13.1 Å². The van der Waals surface area contributed by atoms with Crippen LogP contribution in [0.2, 0.25) is 0 Å². The molecule has 0 aromatic heterocycles. The minimum atomic E-state index is -0.816. The lowest BCUT2D eigenvalue weighted by atomic mass is 10.1. The van der Waals surface area contributed by atoms with Crippen LogP contribution in [0.4, 0.5) is 0 Å². The van der Waals surface area contributed by atoms with Gasteiger partial charge >= 0.3 is 11.8 Å². The molecule has 0 rings (SSSR count). The lowest BCUT2D eigenvalue weighted by Gasteiger charge is -2.22. The molecule has 0 bridgehead atoms. The summed E-state index contributed by atoms with van der Waals surface area (Å²) >= 11 is 0. The smallest absolute Gasteiger partial charge is 0.310 e. The molecular weight excluding hydrogens is 198 g/mol. The topological polar surface area (TPSA) is 91.2 Å². The first kappa shape index (κ1) is 13.4. The predicted octanol–water partition coefficient (Wildman–Crippen LogP) is -0.833. The van der Waals surface area contributed by atoms with E-state index in [9.17, 15) is 9.59 Å². The van der Waals surface area contributed by atoms with Gasteiger partial charge in [0.05, 0.1) is 11.7 Å². The molecule has 6 heteroatoms. The highest BCUT2D eigenvalue weighted by molar-refractivity contribution is 6.35. The van der Waals surface area contributed by atoms with Crippen molar-refractivity contribution in [3.63, 3.8) is 0 Å². The zero-order chi connectivity index (χ0) is 11.9.